The van der Waals surface area contributed by atoms with Crippen molar-refractivity contribution in [3.63, 3.8) is 0 Å². The molecule has 0 spiro atoms. The highest BCUT2D eigenvalue weighted by molar-refractivity contribution is 5.76. The van der Waals surface area contributed by atoms with Crippen LogP contribution in [0.4, 0.5) is 13.6 Å². The van der Waals surface area contributed by atoms with Crippen LogP contribution in [0, 0.1) is 11.6 Å². The fraction of sp³-hybridized carbons (Fsp3) is 0.364. The van der Waals surface area contributed by atoms with Gasteiger partial charge in [-0.25, -0.2) is 13.6 Å². The number of carbonyl (C=O) groups is 1. The highest BCUT2D eigenvalue weighted by Gasteiger charge is 2.33. The van der Waals surface area contributed by atoms with Crippen molar-refractivity contribution in [2.45, 2.75) is 6.04 Å². The van der Waals surface area contributed by atoms with E-state index in [0.717, 1.165) is 12.1 Å². The Bertz CT molecular complexity index is 436. The zero-order valence-corrected chi connectivity index (χ0v) is 9.08. The van der Waals surface area contributed by atoms with Crippen molar-refractivity contribution in [2.75, 3.05) is 20.6 Å². The van der Waals surface area contributed by atoms with E-state index in [1.54, 1.807) is 19.0 Å². The normalized spacial score (nSPS) is 20.8. The molecule has 1 aliphatic rings. The van der Waals surface area contributed by atoms with Crippen molar-refractivity contribution >= 4 is 6.03 Å². The van der Waals surface area contributed by atoms with Crippen LogP contribution in [0.2, 0.25) is 0 Å². The summed E-state index contributed by atoms with van der Waals surface area (Å²) in [6, 6.07) is 3.40. The maximum absolute atomic E-state index is 13.1. The molecule has 1 heterocycles. The van der Waals surface area contributed by atoms with E-state index in [-0.39, 0.29) is 12.1 Å². The average molecular weight is 226 g/mol. The standard InChI is InChI=1S/C11H12F2N2O/c1-14-6-10(15(2)11(14)16)7-3-4-8(12)9(13)5-7/h3-5,10H,6H2,1-2H3. The quantitative estimate of drug-likeness (QED) is 0.718. The molecule has 1 saturated heterocycles. The molecule has 1 atom stereocenters. The van der Waals surface area contributed by atoms with Gasteiger partial charge in [-0.3, -0.25) is 0 Å². The summed E-state index contributed by atoms with van der Waals surface area (Å²) in [5, 5.41) is 0. The molecule has 0 radical (unpaired) electrons. The lowest BCUT2D eigenvalue weighted by Gasteiger charge is -2.18. The Kier molecular flexibility index (Phi) is 2.53. The molecule has 1 aromatic rings. The van der Waals surface area contributed by atoms with Crippen molar-refractivity contribution in [3.05, 3.63) is 35.4 Å². The lowest BCUT2D eigenvalue weighted by atomic mass is 10.1. The number of likely N-dealkylation sites (N-methyl/N-ethyl adjacent to an activating group) is 2. The van der Waals surface area contributed by atoms with Crippen LogP contribution in [-0.2, 0) is 0 Å². The molecule has 1 aliphatic heterocycles. The third-order valence-electron chi connectivity index (χ3n) is 2.87. The molecule has 0 bridgehead atoms. The Labute approximate surface area is 92.3 Å². The van der Waals surface area contributed by atoms with Gasteiger partial charge in [-0.2, -0.15) is 0 Å². The van der Waals surface area contributed by atoms with Crippen molar-refractivity contribution in [3.8, 4) is 0 Å². The monoisotopic (exact) mass is 226 g/mol. The number of rotatable bonds is 1. The molecule has 5 heteroatoms. The Morgan fingerprint density at radius 1 is 1.25 bits per heavy atom. The first-order valence-electron chi connectivity index (χ1n) is 4.93. The van der Waals surface area contributed by atoms with Gasteiger partial charge in [-0.05, 0) is 17.7 Å². The second-order valence-corrected chi connectivity index (χ2v) is 3.96. The van der Waals surface area contributed by atoms with Crippen molar-refractivity contribution in [1.82, 2.24) is 9.80 Å². The number of benzene rings is 1. The molecule has 1 fully saturated rings. The van der Waals surface area contributed by atoms with Crippen LogP contribution in [0.25, 0.3) is 0 Å². The summed E-state index contributed by atoms with van der Waals surface area (Å²) in [5.41, 5.74) is 0.610. The SMILES string of the molecule is CN1CC(c2ccc(F)c(F)c2)N(C)C1=O. The van der Waals surface area contributed by atoms with Crippen LogP contribution < -0.4 is 0 Å². The van der Waals surface area contributed by atoms with Gasteiger partial charge >= 0.3 is 6.03 Å². The summed E-state index contributed by atoms with van der Waals surface area (Å²) in [4.78, 5) is 14.6. The summed E-state index contributed by atoms with van der Waals surface area (Å²) in [5.74, 6) is -1.75. The molecule has 86 valence electrons. The smallest absolute Gasteiger partial charge is 0.320 e. The van der Waals surface area contributed by atoms with Crippen molar-refractivity contribution < 1.29 is 13.6 Å². The first-order valence-corrected chi connectivity index (χ1v) is 4.93. The van der Waals surface area contributed by atoms with Gasteiger partial charge in [0.15, 0.2) is 11.6 Å². The lowest BCUT2D eigenvalue weighted by molar-refractivity contribution is 0.201. The number of nitrogens with zero attached hydrogens (tertiary/aromatic N) is 2. The van der Waals surface area contributed by atoms with Crippen LogP contribution in [0.15, 0.2) is 18.2 Å². The number of hydrogen-bond donors (Lipinski definition) is 0. The first-order chi connectivity index (χ1) is 7.50. The molecule has 16 heavy (non-hydrogen) atoms. The van der Waals surface area contributed by atoms with Crippen molar-refractivity contribution in [1.29, 1.82) is 0 Å². The van der Waals surface area contributed by atoms with E-state index < -0.39 is 11.6 Å². The van der Waals surface area contributed by atoms with Crippen LogP contribution in [0.3, 0.4) is 0 Å². The number of hydrogen-bond acceptors (Lipinski definition) is 1. The van der Waals surface area contributed by atoms with Gasteiger partial charge in [-0.15, -0.1) is 0 Å². The van der Waals surface area contributed by atoms with Gasteiger partial charge in [0, 0.05) is 20.6 Å². The van der Waals surface area contributed by atoms with E-state index in [0.29, 0.717) is 12.1 Å². The van der Waals surface area contributed by atoms with E-state index in [4.69, 9.17) is 0 Å². The summed E-state index contributed by atoms with van der Waals surface area (Å²) in [6.07, 6.45) is 0. The van der Waals surface area contributed by atoms with Gasteiger partial charge in [0.05, 0.1) is 6.04 Å². The fourth-order valence-corrected chi connectivity index (χ4v) is 1.91. The fourth-order valence-electron chi connectivity index (χ4n) is 1.91. The van der Waals surface area contributed by atoms with E-state index >= 15 is 0 Å². The molecule has 1 aromatic carbocycles. The van der Waals surface area contributed by atoms with Gasteiger partial charge in [0.2, 0.25) is 0 Å². The van der Waals surface area contributed by atoms with E-state index in [9.17, 15) is 13.6 Å². The Balaban J connectivity index is 2.32. The lowest BCUT2D eigenvalue weighted by Crippen LogP contribution is -2.26. The number of amides is 2. The van der Waals surface area contributed by atoms with E-state index in [2.05, 4.69) is 0 Å². The Morgan fingerprint density at radius 3 is 2.44 bits per heavy atom. The Hall–Kier alpha value is -1.65. The third-order valence-corrected chi connectivity index (χ3v) is 2.87. The van der Waals surface area contributed by atoms with Gasteiger partial charge in [0.25, 0.3) is 0 Å². The molecule has 0 N–H and O–H groups in total. The molecule has 0 aromatic heterocycles. The minimum absolute atomic E-state index is 0.116. The minimum atomic E-state index is -0.882. The third kappa shape index (κ3) is 1.62. The van der Waals surface area contributed by atoms with Crippen LogP contribution in [0.1, 0.15) is 11.6 Å². The average Bonchev–Trinajstić information content (AvgIpc) is 2.50. The second kappa shape index (κ2) is 3.73. The second-order valence-electron chi connectivity index (χ2n) is 3.96. The molecular formula is C11H12F2N2O. The molecule has 2 rings (SSSR count). The highest BCUT2D eigenvalue weighted by atomic mass is 19.2. The molecule has 2 amide bonds. The molecular weight excluding hydrogens is 214 g/mol. The summed E-state index contributed by atoms with van der Waals surface area (Å²) in [7, 11) is 3.33. The Morgan fingerprint density at radius 2 is 1.94 bits per heavy atom. The van der Waals surface area contributed by atoms with E-state index in [1.807, 2.05) is 0 Å². The summed E-state index contributed by atoms with van der Waals surface area (Å²) in [6.45, 7) is 0.487. The van der Waals surface area contributed by atoms with Gasteiger partial charge in [0.1, 0.15) is 0 Å². The predicted molar refractivity (Wildman–Crippen MR) is 54.9 cm³/mol. The molecule has 1 unspecified atom stereocenters. The summed E-state index contributed by atoms with van der Waals surface area (Å²) >= 11 is 0. The summed E-state index contributed by atoms with van der Waals surface area (Å²) < 4.78 is 25.8. The topological polar surface area (TPSA) is 23.6 Å². The van der Waals surface area contributed by atoms with Crippen LogP contribution >= 0.6 is 0 Å². The van der Waals surface area contributed by atoms with Gasteiger partial charge < -0.3 is 9.80 Å². The molecule has 0 saturated carbocycles. The van der Waals surface area contributed by atoms with Crippen molar-refractivity contribution in [2.24, 2.45) is 0 Å². The minimum Gasteiger partial charge on any atom is -0.325 e. The maximum atomic E-state index is 13.1. The number of carbonyl (C=O) groups excluding carboxylic acids is 1. The number of halogens is 2. The molecule has 3 nitrogen and oxygen atoms in total. The largest absolute Gasteiger partial charge is 0.325 e. The molecule has 0 aliphatic carbocycles. The van der Waals surface area contributed by atoms with Crippen LogP contribution in [0.5, 0.6) is 0 Å². The zero-order valence-electron chi connectivity index (χ0n) is 9.08. The van der Waals surface area contributed by atoms with E-state index in [1.165, 1.54) is 11.0 Å². The van der Waals surface area contributed by atoms with Gasteiger partial charge in [-0.1, -0.05) is 6.07 Å². The zero-order chi connectivity index (χ0) is 11.9. The highest BCUT2D eigenvalue weighted by Crippen LogP contribution is 2.27. The number of urea groups is 1. The first kappa shape index (κ1) is 10.9. The maximum Gasteiger partial charge on any atom is 0.320 e. The predicted octanol–water partition coefficient (Wildman–Crippen LogP) is 2.00. The van der Waals surface area contributed by atoms with Crippen LogP contribution in [-0.4, -0.2) is 36.5 Å².